The molecular weight excluding hydrogens is 450 g/mol. The molecule has 0 unspecified atom stereocenters. The van der Waals surface area contributed by atoms with E-state index in [1.165, 1.54) is 4.88 Å². The number of aliphatic carboxylic acids is 1. The summed E-state index contributed by atoms with van der Waals surface area (Å²) >= 11 is 1.65. The van der Waals surface area contributed by atoms with Gasteiger partial charge in [-0.1, -0.05) is 24.3 Å². The summed E-state index contributed by atoms with van der Waals surface area (Å²) in [7, 11) is 1.62. The molecule has 4 aromatic rings. The van der Waals surface area contributed by atoms with Gasteiger partial charge in [-0.15, -0.1) is 21.5 Å². The van der Waals surface area contributed by atoms with Gasteiger partial charge in [0.25, 0.3) is 0 Å². The number of hydrogen-bond acceptors (Lipinski definition) is 7. The largest absolute Gasteiger partial charge is 0.495 e. The Hall–Kier alpha value is -3.85. The van der Waals surface area contributed by atoms with Crippen LogP contribution in [0.15, 0.2) is 47.7 Å². The standard InChI is InChI=1S/C25H23N5O3S/c1-13-14(2)34-25-22(13)23(27-20(10-21(31)32)24-29-28-15(3)30(24)25)17-7-5-16(6-8-17)18-9-19(33-4)12-26-11-18/h5-9,11-12,20H,10H2,1-4H3,(H,31,32)/t20-/m0/s1. The maximum atomic E-state index is 11.7. The van der Waals surface area contributed by atoms with Crippen molar-refractivity contribution < 1.29 is 14.6 Å². The molecule has 1 aliphatic heterocycles. The molecule has 1 N–H and O–H groups in total. The summed E-state index contributed by atoms with van der Waals surface area (Å²) in [5.74, 6) is 1.03. The molecule has 5 rings (SSSR count). The summed E-state index contributed by atoms with van der Waals surface area (Å²) in [4.78, 5) is 22.1. The number of aryl methyl sites for hydroxylation is 2. The molecule has 0 saturated heterocycles. The van der Waals surface area contributed by atoms with Crippen LogP contribution in [0.2, 0.25) is 0 Å². The lowest BCUT2D eigenvalue weighted by molar-refractivity contribution is -0.137. The molecule has 0 spiro atoms. The zero-order chi connectivity index (χ0) is 24.0. The van der Waals surface area contributed by atoms with E-state index in [4.69, 9.17) is 9.73 Å². The molecule has 1 atom stereocenters. The summed E-state index contributed by atoms with van der Waals surface area (Å²) in [5.41, 5.74) is 5.74. The summed E-state index contributed by atoms with van der Waals surface area (Å²) in [5, 5.41) is 19.1. The van der Waals surface area contributed by atoms with E-state index in [0.717, 1.165) is 38.5 Å². The Bertz CT molecular complexity index is 1440. The van der Waals surface area contributed by atoms with Crippen molar-refractivity contribution in [3.63, 3.8) is 0 Å². The zero-order valence-electron chi connectivity index (χ0n) is 19.2. The first kappa shape index (κ1) is 22.0. The Balaban J connectivity index is 1.66. The Morgan fingerprint density at radius 1 is 1.09 bits per heavy atom. The monoisotopic (exact) mass is 473 g/mol. The maximum Gasteiger partial charge on any atom is 0.306 e. The van der Waals surface area contributed by atoms with E-state index in [1.54, 1.807) is 30.8 Å². The van der Waals surface area contributed by atoms with Crippen molar-refractivity contribution in [2.24, 2.45) is 4.99 Å². The smallest absolute Gasteiger partial charge is 0.306 e. The van der Waals surface area contributed by atoms with Crippen LogP contribution in [0.5, 0.6) is 5.75 Å². The van der Waals surface area contributed by atoms with E-state index >= 15 is 0 Å². The number of pyridine rings is 1. The minimum absolute atomic E-state index is 0.165. The van der Waals surface area contributed by atoms with E-state index < -0.39 is 12.0 Å². The van der Waals surface area contributed by atoms with Gasteiger partial charge in [-0.2, -0.15) is 0 Å². The average molecular weight is 474 g/mol. The maximum absolute atomic E-state index is 11.7. The van der Waals surface area contributed by atoms with Crippen LogP contribution >= 0.6 is 11.3 Å². The molecule has 0 bridgehead atoms. The van der Waals surface area contributed by atoms with Crippen LogP contribution in [0.1, 0.15) is 45.7 Å². The lowest BCUT2D eigenvalue weighted by Gasteiger charge is -2.11. The third-order valence-corrected chi connectivity index (χ3v) is 7.24. The Morgan fingerprint density at radius 3 is 2.53 bits per heavy atom. The number of carboxylic acids is 1. The third-order valence-electron chi connectivity index (χ3n) is 6.05. The zero-order valence-corrected chi connectivity index (χ0v) is 20.1. The fraction of sp³-hybridized carbons (Fsp3) is 0.240. The van der Waals surface area contributed by atoms with Gasteiger partial charge < -0.3 is 9.84 Å². The van der Waals surface area contributed by atoms with E-state index in [-0.39, 0.29) is 6.42 Å². The average Bonchev–Trinajstić information content (AvgIpc) is 3.31. The first-order chi connectivity index (χ1) is 16.4. The van der Waals surface area contributed by atoms with Gasteiger partial charge in [0.05, 0.1) is 25.4 Å². The fourth-order valence-corrected chi connectivity index (χ4v) is 5.41. The number of benzene rings is 1. The second-order valence-electron chi connectivity index (χ2n) is 8.19. The highest BCUT2D eigenvalue weighted by atomic mass is 32.1. The summed E-state index contributed by atoms with van der Waals surface area (Å²) in [6.07, 6.45) is 3.30. The molecule has 4 heterocycles. The topological polar surface area (TPSA) is 102 Å². The van der Waals surface area contributed by atoms with Gasteiger partial charge in [0.2, 0.25) is 0 Å². The number of thiophene rings is 1. The molecule has 0 amide bonds. The third kappa shape index (κ3) is 3.67. The minimum Gasteiger partial charge on any atom is -0.495 e. The summed E-state index contributed by atoms with van der Waals surface area (Å²) in [6, 6.07) is 9.36. The molecule has 3 aromatic heterocycles. The quantitative estimate of drug-likeness (QED) is 0.451. The molecule has 9 heteroatoms. The van der Waals surface area contributed by atoms with Crippen LogP contribution < -0.4 is 4.74 Å². The Labute approximate surface area is 200 Å². The van der Waals surface area contributed by atoms with Gasteiger partial charge in [-0.25, -0.2) is 0 Å². The minimum atomic E-state index is -0.931. The SMILES string of the molecule is COc1cncc(-c2ccc(C3=N[C@@H](CC(=O)O)c4nnc(C)n4-c4sc(C)c(C)c43)cc2)c1. The molecule has 0 saturated carbocycles. The van der Waals surface area contributed by atoms with Crippen molar-refractivity contribution in [1.82, 2.24) is 19.7 Å². The van der Waals surface area contributed by atoms with Gasteiger partial charge in [0.15, 0.2) is 5.82 Å². The van der Waals surface area contributed by atoms with Gasteiger partial charge in [0.1, 0.15) is 22.6 Å². The predicted octanol–water partition coefficient (Wildman–Crippen LogP) is 4.69. The highest BCUT2D eigenvalue weighted by Gasteiger charge is 2.32. The fourth-order valence-electron chi connectivity index (χ4n) is 4.20. The van der Waals surface area contributed by atoms with Gasteiger partial charge in [0, 0.05) is 27.8 Å². The number of carbonyl (C=O) groups is 1. The van der Waals surface area contributed by atoms with E-state index in [0.29, 0.717) is 17.4 Å². The lowest BCUT2D eigenvalue weighted by atomic mass is 9.97. The molecule has 172 valence electrons. The van der Waals surface area contributed by atoms with Crippen molar-refractivity contribution >= 4 is 23.0 Å². The number of aromatic nitrogens is 4. The molecule has 1 aromatic carbocycles. The molecule has 0 radical (unpaired) electrons. The highest BCUT2D eigenvalue weighted by Crippen LogP contribution is 2.39. The normalized spacial score (nSPS) is 14.7. The van der Waals surface area contributed by atoms with Crippen molar-refractivity contribution in [2.75, 3.05) is 7.11 Å². The number of rotatable bonds is 5. The van der Waals surface area contributed by atoms with Crippen LogP contribution in [-0.4, -0.2) is 43.6 Å². The van der Waals surface area contributed by atoms with Crippen LogP contribution in [0, 0.1) is 20.8 Å². The van der Waals surface area contributed by atoms with Crippen molar-refractivity contribution in [1.29, 1.82) is 0 Å². The number of fused-ring (bicyclic) bond motifs is 3. The second-order valence-corrected chi connectivity index (χ2v) is 9.39. The van der Waals surface area contributed by atoms with Crippen LogP contribution in [0.25, 0.3) is 16.1 Å². The Kier molecular flexibility index (Phi) is 5.49. The molecule has 1 aliphatic rings. The van der Waals surface area contributed by atoms with Gasteiger partial charge >= 0.3 is 5.97 Å². The second kappa shape index (κ2) is 8.49. The Morgan fingerprint density at radius 2 is 1.82 bits per heavy atom. The van der Waals surface area contributed by atoms with Crippen LogP contribution in [0.4, 0.5) is 0 Å². The first-order valence-electron chi connectivity index (χ1n) is 10.8. The highest BCUT2D eigenvalue weighted by molar-refractivity contribution is 7.15. The van der Waals surface area contributed by atoms with Crippen molar-refractivity contribution in [3.05, 3.63) is 75.9 Å². The van der Waals surface area contributed by atoms with E-state index in [2.05, 4.69) is 29.0 Å². The number of methoxy groups -OCH3 is 1. The molecule has 0 fully saturated rings. The lowest BCUT2D eigenvalue weighted by Crippen LogP contribution is -2.10. The number of nitrogens with zero attached hydrogens (tertiary/aromatic N) is 5. The van der Waals surface area contributed by atoms with Gasteiger partial charge in [-0.3, -0.25) is 19.3 Å². The molecule has 34 heavy (non-hydrogen) atoms. The number of aliphatic imine (C=N–C) groups is 1. The number of hydrogen-bond donors (Lipinski definition) is 1. The summed E-state index contributed by atoms with van der Waals surface area (Å²) in [6.45, 7) is 6.04. The van der Waals surface area contributed by atoms with Crippen LogP contribution in [0.3, 0.4) is 0 Å². The van der Waals surface area contributed by atoms with Gasteiger partial charge in [-0.05, 0) is 38.0 Å². The van der Waals surface area contributed by atoms with E-state index in [9.17, 15) is 9.90 Å². The van der Waals surface area contributed by atoms with Crippen molar-refractivity contribution in [2.45, 2.75) is 33.2 Å². The molecule has 0 aliphatic carbocycles. The molecular formula is C25H23N5O3S. The number of ether oxygens (including phenoxy) is 1. The molecule has 8 nitrogen and oxygen atoms in total. The van der Waals surface area contributed by atoms with Crippen molar-refractivity contribution in [3.8, 4) is 21.9 Å². The predicted molar refractivity (Wildman–Crippen MR) is 130 cm³/mol. The van der Waals surface area contributed by atoms with E-state index in [1.807, 2.05) is 41.8 Å². The number of carboxylic acid groups (broad SMARTS) is 1. The van der Waals surface area contributed by atoms with Crippen LogP contribution in [-0.2, 0) is 4.79 Å². The first-order valence-corrected chi connectivity index (χ1v) is 11.6. The summed E-state index contributed by atoms with van der Waals surface area (Å²) < 4.78 is 7.26.